The lowest BCUT2D eigenvalue weighted by atomic mass is 10.1. The minimum absolute atomic E-state index is 0.827. The molecule has 0 unspecified atom stereocenters. The van der Waals surface area contributed by atoms with Crippen LogP contribution in [0, 0.1) is 0 Å². The summed E-state index contributed by atoms with van der Waals surface area (Å²) in [4.78, 5) is 35.7. The summed E-state index contributed by atoms with van der Waals surface area (Å²) in [6.07, 6.45) is 22.2. The monoisotopic (exact) mass is 762 g/mol. The van der Waals surface area contributed by atoms with E-state index in [4.69, 9.17) is 19.9 Å². The zero-order chi connectivity index (χ0) is 39.9. The highest BCUT2D eigenvalue weighted by Crippen LogP contribution is 2.29. The summed E-state index contributed by atoms with van der Waals surface area (Å²) < 4.78 is 0. The van der Waals surface area contributed by atoms with E-state index in [9.17, 15) is 0 Å². The van der Waals surface area contributed by atoms with E-state index < -0.39 is 0 Å². The molecule has 0 atom stereocenters. The molecule has 0 aromatic carbocycles. The molecular weight excluding hydrogens is 713 g/mol. The normalized spacial score (nSPS) is 12.8. The highest BCUT2D eigenvalue weighted by molar-refractivity contribution is 5.87. The van der Waals surface area contributed by atoms with Gasteiger partial charge in [-0.15, -0.1) is 0 Å². The number of nitrogens with one attached hydrogen (secondary N) is 4. The topological polar surface area (TPSA) is 115 Å². The van der Waals surface area contributed by atoms with Crippen LogP contribution in [-0.4, -0.2) is 39.9 Å². The lowest BCUT2D eigenvalue weighted by Crippen LogP contribution is -1.93. The van der Waals surface area contributed by atoms with Crippen molar-refractivity contribution >= 4 is 92.7 Å². The van der Waals surface area contributed by atoms with Crippen molar-refractivity contribution in [3.8, 4) is 0 Å². The molecule has 0 spiro atoms. The molecular formula is C50H50N8. The Morgan fingerprint density at radius 2 is 0.431 bits per heavy atom. The maximum absolute atomic E-state index is 5.21. The predicted octanol–water partition coefficient (Wildman–Crippen LogP) is 12.1. The van der Waals surface area contributed by atoms with Gasteiger partial charge in [0.2, 0.25) is 0 Å². The highest BCUT2D eigenvalue weighted by atomic mass is 14.8. The van der Waals surface area contributed by atoms with Gasteiger partial charge in [-0.2, -0.15) is 0 Å². The molecule has 58 heavy (non-hydrogen) atoms. The fraction of sp³-hybridized carbons (Fsp3) is 0.240. The van der Waals surface area contributed by atoms with Gasteiger partial charge in [0, 0.05) is 55.4 Å². The first-order valence-electron chi connectivity index (χ1n) is 20.9. The lowest BCUT2D eigenvalue weighted by Gasteiger charge is -2.01. The summed E-state index contributed by atoms with van der Waals surface area (Å²) in [7, 11) is 0. The molecule has 4 N–H and O–H groups in total. The van der Waals surface area contributed by atoms with Gasteiger partial charge in [-0.25, -0.2) is 19.9 Å². The van der Waals surface area contributed by atoms with Crippen molar-refractivity contribution in [2.45, 2.75) is 80.1 Å². The number of aromatic nitrogens is 8. The zero-order valence-electron chi connectivity index (χ0n) is 34.3. The number of H-pyrrole nitrogens is 4. The first-order chi connectivity index (χ1) is 28.4. The van der Waals surface area contributed by atoms with Gasteiger partial charge in [0.25, 0.3) is 0 Å². The van der Waals surface area contributed by atoms with E-state index >= 15 is 0 Å². The Balaban J connectivity index is 1.32. The van der Waals surface area contributed by atoms with Crippen LogP contribution in [-0.2, 0) is 38.5 Å². The molecule has 0 radical (unpaired) electrons. The smallest absolute Gasteiger partial charge is 0.0691 e. The minimum atomic E-state index is 0.827. The van der Waals surface area contributed by atoms with E-state index in [0.29, 0.717) is 0 Å². The first-order valence-corrected chi connectivity index (χ1v) is 20.9. The van der Waals surface area contributed by atoms with Gasteiger partial charge in [-0.3, -0.25) is 0 Å². The van der Waals surface area contributed by atoms with Crippen LogP contribution in [0.25, 0.3) is 92.7 Å². The van der Waals surface area contributed by atoms with E-state index in [2.05, 4.69) is 159 Å². The van der Waals surface area contributed by atoms with Gasteiger partial charge >= 0.3 is 0 Å². The van der Waals surface area contributed by atoms with E-state index in [1.165, 1.54) is 22.3 Å². The second kappa shape index (κ2) is 15.4. The van der Waals surface area contributed by atoms with Crippen molar-refractivity contribution in [3.05, 3.63) is 127 Å². The van der Waals surface area contributed by atoms with Gasteiger partial charge in [-0.05, 0) is 136 Å². The highest BCUT2D eigenvalue weighted by Gasteiger charge is 2.16. The fourth-order valence-corrected chi connectivity index (χ4v) is 8.73. The van der Waals surface area contributed by atoms with Gasteiger partial charge in [-0.1, -0.05) is 41.5 Å². The summed E-state index contributed by atoms with van der Waals surface area (Å²) in [5.41, 5.74) is 23.3. The van der Waals surface area contributed by atoms with Gasteiger partial charge < -0.3 is 19.9 Å². The molecule has 290 valence electrons. The van der Waals surface area contributed by atoms with Crippen LogP contribution in [0.15, 0.2) is 48.5 Å². The Bertz CT molecular complexity index is 2620. The van der Waals surface area contributed by atoms with E-state index in [1.807, 2.05) is 0 Å². The number of rotatable bonds is 6. The number of hydrogen-bond acceptors (Lipinski definition) is 4. The summed E-state index contributed by atoms with van der Waals surface area (Å²) in [5.74, 6) is 0. The molecule has 4 aliphatic heterocycles. The van der Waals surface area contributed by atoms with Crippen molar-refractivity contribution in [2.24, 2.45) is 0 Å². The molecule has 0 fully saturated rings. The molecule has 4 aliphatic rings. The van der Waals surface area contributed by atoms with Crippen LogP contribution in [0.4, 0.5) is 0 Å². The molecule has 5 aromatic rings. The fourth-order valence-electron chi connectivity index (χ4n) is 8.73. The molecule has 5 aromatic heterocycles. The van der Waals surface area contributed by atoms with Crippen molar-refractivity contribution < 1.29 is 0 Å². The molecule has 9 rings (SSSR count). The van der Waals surface area contributed by atoms with Crippen LogP contribution < -0.4 is 0 Å². The van der Waals surface area contributed by atoms with Gasteiger partial charge in [0.05, 0.1) is 67.6 Å². The van der Waals surface area contributed by atoms with Crippen LogP contribution in [0.5, 0.6) is 0 Å². The van der Waals surface area contributed by atoms with Gasteiger partial charge in [0.1, 0.15) is 0 Å². The summed E-state index contributed by atoms with van der Waals surface area (Å²) >= 11 is 0. The quantitative estimate of drug-likeness (QED) is 0.135. The molecule has 0 saturated carbocycles. The van der Waals surface area contributed by atoms with Crippen LogP contribution in [0.2, 0.25) is 0 Å². The number of hydrogen-bond donors (Lipinski definition) is 4. The van der Waals surface area contributed by atoms with Crippen molar-refractivity contribution in [3.63, 3.8) is 0 Å². The number of fused-ring (bicyclic) bond motifs is 18. The predicted molar refractivity (Wildman–Crippen MR) is 245 cm³/mol. The first kappa shape index (κ1) is 37.1. The molecule has 9 heterocycles. The van der Waals surface area contributed by atoms with E-state index in [-0.39, 0.29) is 0 Å². The Labute approximate surface area is 339 Å². The maximum atomic E-state index is 5.21. The SMILES string of the molecule is CCc1c2nc(c(CC)c3ccc([nH]3)c3ccc([nH]3)c(CC)c3nc(c(CC)c4nc(c(CC)c5ccc([nH]5)c5ccc([nH]5)c(CC)c5nc1C=C5)C=C4)C=C3)C=C2. The second-order valence-corrected chi connectivity index (χ2v) is 15.0. The Kier molecular flexibility index (Phi) is 9.86. The minimum Gasteiger partial charge on any atom is -0.354 e. The third-order valence-electron chi connectivity index (χ3n) is 11.8. The van der Waals surface area contributed by atoms with Crippen molar-refractivity contribution in [2.75, 3.05) is 0 Å². The standard InChI is InChI=1S/C50H50N8/c1-7-29-35-13-17-39(51-35)31(9-3)43-21-25-47(55-43)49-27-23-45(57-49)33(11-5)41-19-15-37(53-41)30(8-2)38-16-20-42(54-38)34(12-6)46-24-28-50(58-46)48-26-22-44(56-48)32(10-4)40-18-14-36(29)52-40/h13-28,55-58H,7-12H2,1-6H3. The molecule has 8 heteroatoms. The molecule has 16 bridgehead atoms. The Morgan fingerprint density at radius 3 is 0.621 bits per heavy atom. The van der Waals surface area contributed by atoms with Crippen molar-refractivity contribution in [1.29, 1.82) is 0 Å². The number of nitrogens with zero attached hydrogens (tertiary/aromatic N) is 4. The van der Waals surface area contributed by atoms with E-state index in [1.54, 1.807) is 0 Å². The van der Waals surface area contributed by atoms with E-state index in [0.717, 1.165) is 139 Å². The average Bonchev–Trinajstić information content (AvgIpc) is 4.07. The average molecular weight is 763 g/mol. The number of aromatic amines is 4. The Hall–Kier alpha value is -6.54. The lowest BCUT2D eigenvalue weighted by molar-refractivity contribution is 1.05. The molecule has 0 saturated heterocycles. The van der Waals surface area contributed by atoms with Crippen LogP contribution >= 0.6 is 0 Å². The molecule has 8 nitrogen and oxygen atoms in total. The van der Waals surface area contributed by atoms with Crippen LogP contribution in [0.1, 0.15) is 120 Å². The zero-order valence-corrected chi connectivity index (χ0v) is 34.3. The molecule has 0 aliphatic carbocycles. The Morgan fingerprint density at radius 1 is 0.259 bits per heavy atom. The molecule has 0 amide bonds. The number of aryl methyl sites for hydroxylation is 4. The largest absolute Gasteiger partial charge is 0.354 e. The third-order valence-corrected chi connectivity index (χ3v) is 11.8. The van der Waals surface area contributed by atoms with Gasteiger partial charge in [0.15, 0.2) is 0 Å². The van der Waals surface area contributed by atoms with Crippen molar-refractivity contribution in [1.82, 2.24) is 39.9 Å². The summed E-state index contributed by atoms with van der Waals surface area (Å²) in [6, 6.07) is 17.3. The summed E-state index contributed by atoms with van der Waals surface area (Å²) in [6.45, 7) is 13.2. The second-order valence-electron chi connectivity index (χ2n) is 15.0. The summed E-state index contributed by atoms with van der Waals surface area (Å²) in [5, 5.41) is 0. The van der Waals surface area contributed by atoms with Crippen LogP contribution in [0.3, 0.4) is 0 Å². The third kappa shape index (κ3) is 6.52. The maximum Gasteiger partial charge on any atom is 0.0691 e.